The molecule has 0 spiro atoms. The minimum Gasteiger partial charge on any atom is -0.480 e. The number of likely N-dealkylation sites (tertiary alicyclic amines) is 1. The van der Waals surface area contributed by atoms with E-state index in [1.54, 1.807) is 0 Å². The summed E-state index contributed by atoms with van der Waals surface area (Å²) in [5, 5.41) is 18.7. The lowest BCUT2D eigenvalue weighted by Gasteiger charge is -2.33. The second-order valence-electron chi connectivity index (χ2n) is 5.69. The Kier molecular flexibility index (Phi) is 4.54. The first-order valence-corrected chi connectivity index (χ1v) is 8.71. The Morgan fingerprint density at radius 1 is 1.24 bits per heavy atom. The standard InChI is InChI=1S/C12H20N2O6S/c1-21(19,20)13-4-2-3-8(6-13)11(16)14-7-9(15)5-10(14)12(17)18/h8-10,15H,2-7H2,1H3,(H,17,18)/t8?,9-,10+/m1/s1. The fourth-order valence-electron chi connectivity index (χ4n) is 2.97. The van der Waals surface area contributed by atoms with E-state index in [1.165, 1.54) is 9.21 Å². The fourth-order valence-corrected chi connectivity index (χ4v) is 3.88. The number of aliphatic hydroxyl groups excluding tert-OH is 1. The normalized spacial score (nSPS) is 31.3. The van der Waals surface area contributed by atoms with Crippen molar-refractivity contribution in [1.29, 1.82) is 0 Å². The summed E-state index contributed by atoms with van der Waals surface area (Å²) in [7, 11) is -3.36. The number of aliphatic hydroxyl groups is 1. The van der Waals surface area contributed by atoms with Crippen LogP contribution in [0.3, 0.4) is 0 Å². The molecule has 2 rings (SSSR count). The van der Waals surface area contributed by atoms with Crippen LogP contribution in [0.5, 0.6) is 0 Å². The van der Waals surface area contributed by atoms with Crippen LogP contribution in [0.1, 0.15) is 19.3 Å². The van der Waals surface area contributed by atoms with E-state index < -0.39 is 34.1 Å². The fraction of sp³-hybridized carbons (Fsp3) is 0.833. The second kappa shape index (κ2) is 5.90. The third kappa shape index (κ3) is 3.53. The molecule has 2 saturated heterocycles. The van der Waals surface area contributed by atoms with Gasteiger partial charge in [-0.15, -0.1) is 0 Å². The predicted octanol–water partition coefficient (Wildman–Crippen LogP) is -1.30. The molecule has 3 atom stereocenters. The van der Waals surface area contributed by atoms with Crippen LogP contribution >= 0.6 is 0 Å². The highest BCUT2D eigenvalue weighted by Gasteiger charge is 2.42. The quantitative estimate of drug-likeness (QED) is 0.668. The SMILES string of the molecule is CS(=O)(=O)N1CCCC(C(=O)N2C[C@H](O)C[C@H]2C(=O)O)C1. The lowest BCUT2D eigenvalue weighted by Crippen LogP contribution is -2.49. The molecule has 0 radical (unpaired) electrons. The number of rotatable bonds is 3. The molecule has 120 valence electrons. The van der Waals surface area contributed by atoms with E-state index in [2.05, 4.69) is 0 Å². The number of hydrogen-bond acceptors (Lipinski definition) is 5. The summed E-state index contributed by atoms with van der Waals surface area (Å²) in [5.74, 6) is -2.07. The molecule has 2 fully saturated rings. The molecule has 2 aliphatic heterocycles. The number of β-amino-alcohol motifs (C(OH)–C–C–N with tert-alkyl or cyclic N) is 1. The number of hydrogen-bond donors (Lipinski definition) is 2. The average molecular weight is 320 g/mol. The Morgan fingerprint density at radius 2 is 1.90 bits per heavy atom. The lowest BCUT2D eigenvalue weighted by atomic mass is 9.97. The van der Waals surface area contributed by atoms with Gasteiger partial charge in [0.15, 0.2) is 0 Å². The minimum absolute atomic E-state index is 0.00875. The van der Waals surface area contributed by atoms with Crippen molar-refractivity contribution in [2.75, 3.05) is 25.9 Å². The number of carboxylic acid groups (broad SMARTS) is 1. The van der Waals surface area contributed by atoms with Gasteiger partial charge in [0.1, 0.15) is 6.04 Å². The highest BCUT2D eigenvalue weighted by Crippen LogP contribution is 2.26. The van der Waals surface area contributed by atoms with Gasteiger partial charge in [0.05, 0.1) is 18.3 Å². The maximum Gasteiger partial charge on any atom is 0.326 e. The largest absolute Gasteiger partial charge is 0.480 e. The maximum atomic E-state index is 12.5. The molecule has 21 heavy (non-hydrogen) atoms. The Labute approximate surface area is 123 Å². The molecule has 1 unspecified atom stereocenters. The number of carbonyl (C=O) groups excluding carboxylic acids is 1. The van der Waals surface area contributed by atoms with E-state index >= 15 is 0 Å². The summed E-state index contributed by atoms with van der Waals surface area (Å²) >= 11 is 0. The molecule has 0 aromatic heterocycles. The van der Waals surface area contributed by atoms with Gasteiger partial charge in [-0.1, -0.05) is 0 Å². The third-order valence-electron chi connectivity index (χ3n) is 4.05. The van der Waals surface area contributed by atoms with Crippen LogP contribution in [0.25, 0.3) is 0 Å². The number of carboxylic acids is 1. The van der Waals surface area contributed by atoms with Crippen molar-refractivity contribution < 1.29 is 28.2 Å². The first-order chi connectivity index (χ1) is 9.70. The van der Waals surface area contributed by atoms with Crippen molar-refractivity contribution in [2.45, 2.75) is 31.4 Å². The van der Waals surface area contributed by atoms with Gasteiger partial charge in [0.25, 0.3) is 0 Å². The molecular weight excluding hydrogens is 300 g/mol. The zero-order chi connectivity index (χ0) is 15.8. The Morgan fingerprint density at radius 3 is 2.48 bits per heavy atom. The molecule has 0 aromatic rings. The summed E-state index contributed by atoms with van der Waals surface area (Å²) in [6.07, 6.45) is 1.37. The molecule has 1 amide bonds. The van der Waals surface area contributed by atoms with Gasteiger partial charge in [-0.25, -0.2) is 17.5 Å². The molecule has 2 N–H and O–H groups in total. The summed E-state index contributed by atoms with van der Waals surface area (Å²) in [6.45, 7) is 0.454. The summed E-state index contributed by atoms with van der Waals surface area (Å²) in [4.78, 5) is 24.8. The van der Waals surface area contributed by atoms with Gasteiger partial charge < -0.3 is 15.1 Å². The molecular formula is C12H20N2O6S. The van der Waals surface area contributed by atoms with E-state index in [0.29, 0.717) is 19.4 Å². The van der Waals surface area contributed by atoms with Crippen molar-refractivity contribution in [3.8, 4) is 0 Å². The van der Waals surface area contributed by atoms with E-state index in [4.69, 9.17) is 5.11 Å². The lowest BCUT2D eigenvalue weighted by molar-refractivity contribution is -0.150. The molecule has 0 aliphatic carbocycles. The molecule has 8 nitrogen and oxygen atoms in total. The van der Waals surface area contributed by atoms with Gasteiger partial charge >= 0.3 is 5.97 Å². The summed E-state index contributed by atoms with van der Waals surface area (Å²) in [5.41, 5.74) is 0. The van der Waals surface area contributed by atoms with E-state index in [0.717, 1.165) is 6.26 Å². The van der Waals surface area contributed by atoms with Crippen LogP contribution in [-0.4, -0.2) is 77.7 Å². The highest BCUT2D eigenvalue weighted by atomic mass is 32.2. The Bertz CT molecular complexity index is 534. The van der Waals surface area contributed by atoms with Crippen LogP contribution in [0.2, 0.25) is 0 Å². The van der Waals surface area contributed by atoms with Crippen LogP contribution in [-0.2, 0) is 19.6 Å². The van der Waals surface area contributed by atoms with Gasteiger partial charge in [-0.2, -0.15) is 0 Å². The van der Waals surface area contributed by atoms with Crippen LogP contribution in [0.4, 0.5) is 0 Å². The van der Waals surface area contributed by atoms with Gasteiger partial charge in [0, 0.05) is 26.1 Å². The Balaban J connectivity index is 2.10. The molecule has 2 aliphatic rings. The highest BCUT2D eigenvalue weighted by molar-refractivity contribution is 7.88. The van der Waals surface area contributed by atoms with Crippen LogP contribution < -0.4 is 0 Å². The first kappa shape index (κ1) is 16.2. The number of amides is 1. The number of piperidine rings is 1. The maximum absolute atomic E-state index is 12.5. The van der Waals surface area contributed by atoms with Crippen LogP contribution in [0.15, 0.2) is 0 Å². The van der Waals surface area contributed by atoms with Gasteiger partial charge in [-0.05, 0) is 12.8 Å². The Hall–Kier alpha value is -1.19. The summed E-state index contributed by atoms with van der Waals surface area (Å²) < 4.78 is 24.4. The molecule has 9 heteroatoms. The average Bonchev–Trinajstić information content (AvgIpc) is 2.79. The molecule has 0 saturated carbocycles. The zero-order valence-corrected chi connectivity index (χ0v) is 12.6. The van der Waals surface area contributed by atoms with Gasteiger partial charge in [-0.3, -0.25) is 4.79 Å². The van der Waals surface area contributed by atoms with E-state index in [1.807, 2.05) is 0 Å². The van der Waals surface area contributed by atoms with Gasteiger partial charge in [0.2, 0.25) is 15.9 Å². The van der Waals surface area contributed by atoms with Crippen LogP contribution in [0, 0.1) is 5.92 Å². The minimum atomic E-state index is -3.36. The van der Waals surface area contributed by atoms with Crippen molar-refractivity contribution in [3.63, 3.8) is 0 Å². The topological polar surface area (TPSA) is 115 Å². The second-order valence-corrected chi connectivity index (χ2v) is 7.68. The van der Waals surface area contributed by atoms with Crippen molar-refractivity contribution in [2.24, 2.45) is 5.92 Å². The molecule has 0 bridgehead atoms. The molecule has 2 heterocycles. The number of aliphatic carboxylic acids is 1. The summed E-state index contributed by atoms with van der Waals surface area (Å²) in [6, 6.07) is -1.03. The number of sulfonamides is 1. The van der Waals surface area contributed by atoms with Crippen molar-refractivity contribution in [1.82, 2.24) is 9.21 Å². The first-order valence-electron chi connectivity index (χ1n) is 6.86. The predicted molar refractivity (Wildman–Crippen MR) is 72.9 cm³/mol. The van der Waals surface area contributed by atoms with Crippen molar-refractivity contribution in [3.05, 3.63) is 0 Å². The zero-order valence-electron chi connectivity index (χ0n) is 11.8. The monoisotopic (exact) mass is 320 g/mol. The third-order valence-corrected chi connectivity index (χ3v) is 5.32. The number of carbonyl (C=O) groups is 2. The van der Waals surface area contributed by atoms with E-state index in [-0.39, 0.29) is 25.4 Å². The molecule has 0 aromatic carbocycles. The van der Waals surface area contributed by atoms with E-state index in [9.17, 15) is 23.1 Å². The number of nitrogens with zero attached hydrogens (tertiary/aromatic N) is 2. The van der Waals surface area contributed by atoms with Crippen molar-refractivity contribution >= 4 is 21.9 Å². The smallest absolute Gasteiger partial charge is 0.326 e.